The van der Waals surface area contributed by atoms with Gasteiger partial charge in [0.2, 0.25) is 0 Å². The predicted molar refractivity (Wildman–Crippen MR) is 90.7 cm³/mol. The molecule has 1 N–H and O–H groups in total. The van der Waals surface area contributed by atoms with Crippen LogP contribution in [0.1, 0.15) is 5.56 Å². The van der Waals surface area contributed by atoms with Crippen LogP contribution in [-0.4, -0.2) is 0 Å². The van der Waals surface area contributed by atoms with E-state index in [0.29, 0.717) is 0 Å². The minimum atomic E-state index is 0. The van der Waals surface area contributed by atoms with Crippen molar-refractivity contribution < 1.29 is 0 Å². The van der Waals surface area contributed by atoms with E-state index in [1.54, 1.807) is 11.8 Å². The maximum atomic E-state index is 3.55. The molecule has 0 bridgehead atoms. The van der Waals surface area contributed by atoms with Crippen LogP contribution in [0.3, 0.4) is 0 Å². The van der Waals surface area contributed by atoms with Crippen LogP contribution >= 0.6 is 60.6 Å². The van der Waals surface area contributed by atoms with E-state index in [0.717, 1.165) is 8.95 Å². The van der Waals surface area contributed by atoms with Gasteiger partial charge in [0.1, 0.15) is 0 Å². The summed E-state index contributed by atoms with van der Waals surface area (Å²) in [5, 5.41) is 3.50. The summed E-state index contributed by atoms with van der Waals surface area (Å²) in [7, 11) is 0. The normalized spacial score (nSPS) is 11.9. The van der Waals surface area contributed by atoms with Gasteiger partial charge >= 0.3 is 0 Å². The Morgan fingerprint density at radius 1 is 1.00 bits per heavy atom. The fraction of sp³-hybridized carbons (Fsp3) is 0.0769. The van der Waals surface area contributed by atoms with E-state index in [4.69, 9.17) is 0 Å². The van der Waals surface area contributed by atoms with E-state index in [2.05, 4.69) is 74.4 Å². The second kappa shape index (κ2) is 5.57. The van der Waals surface area contributed by atoms with E-state index >= 15 is 0 Å². The molecule has 0 aromatic heterocycles. The van der Waals surface area contributed by atoms with Gasteiger partial charge in [-0.05, 0) is 42.8 Å². The number of benzene rings is 2. The number of hydrogen-bond acceptors (Lipinski definition) is 2. The first-order valence-corrected chi connectivity index (χ1v) is 7.58. The number of nitrogens with one attached hydrogen (secondary N) is 1. The van der Waals surface area contributed by atoms with Crippen molar-refractivity contribution in [3.8, 4) is 0 Å². The van der Waals surface area contributed by atoms with E-state index in [-0.39, 0.29) is 17.0 Å². The van der Waals surface area contributed by atoms with Crippen LogP contribution in [-0.2, 0) is 0 Å². The Bertz CT molecular complexity index is 613. The second-order valence-electron chi connectivity index (χ2n) is 3.96. The van der Waals surface area contributed by atoms with Crippen molar-refractivity contribution >= 4 is 72.0 Å². The molecule has 0 amide bonds. The van der Waals surface area contributed by atoms with Crippen molar-refractivity contribution in [2.45, 2.75) is 16.7 Å². The van der Waals surface area contributed by atoms with Gasteiger partial charge in [0.25, 0.3) is 0 Å². The molecule has 2 aromatic rings. The number of fused-ring (bicyclic) bond motifs is 2. The third kappa shape index (κ3) is 2.64. The number of rotatable bonds is 0. The smallest absolute Gasteiger partial charge is 0.0556 e. The highest BCUT2D eigenvalue weighted by Gasteiger charge is 2.17. The molecular formula is C13H10Br3NS. The Hall–Kier alpha value is 0.0300. The zero-order chi connectivity index (χ0) is 12.0. The van der Waals surface area contributed by atoms with E-state index in [1.807, 2.05) is 0 Å². The Morgan fingerprint density at radius 2 is 1.72 bits per heavy atom. The summed E-state index contributed by atoms with van der Waals surface area (Å²) >= 11 is 8.86. The first-order chi connectivity index (χ1) is 8.13. The topological polar surface area (TPSA) is 12.0 Å². The van der Waals surface area contributed by atoms with Crippen molar-refractivity contribution in [3.63, 3.8) is 0 Å². The Labute approximate surface area is 138 Å². The highest BCUT2D eigenvalue weighted by Crippen LogP contribution is 2.47. The Morgan fingerprint density at radius 3 is 2.50 bits per heavy atom. The number of hydrogen-bond donors (Lipinski definition) is 1. The van der Waals surface area contributed by atoms with Crippen LogP contribution in [0.2, 0.25) is 0 Å². The molecule has 0 radical (unpaired) electrons. The number of halogens is 3. The fourth-order valence-electron chi connectivity index (χ4n) is 1.89. The lowest BCUT2D eigenvalue weighted by molar-refractivity contribution is 1.26. The van der Waals surface area contributed by atoms with E-state index in [1.165, 1.54) is 26.7 Å². The zero-order valence-corrected chi connectivity index (χ0v) is 15.2. The summed E-state index contributed by atoms with van der Waals surface area (Å²) in [5.41, 5.74) is 3.65. The molecular weight excluding hydrogens is 442 g/mol. The standard InChI is InChI=1S/C13H9Br2NS.BrH/c1-7-4-9(15)6-12-13(7)16-10-3-2-8(14)5-11(10)17-12;/h2-6,16H,1H3;1H. The average molecular weight is 452 g/mol. The van der Waals surface area contributed by atoms with Crippen molar-refractivity contribution in [1.29, 1.82) is 0 Å². The largest absolute Gasteiger partial charge is 0.353 e. The van der Waals surface area contributed by atoms with Crippen LogP contribution in [0.15, 0.2) is 49.1 Å². The van der Waals surface area contributed by atoms with Crippen molar-refractivity contribution in [3.05, 3.63) is 44.8 Å². The lowest BCUT2D eigenvalue weighted by atomic mass is 10.2. The maximum absolute atomic E-state index is 3.55. The molecule has 0 saturated heterocycles. The van der Waals surface area contributed by atoms with Crippen molar-refractivity contribution in [1.82, 2.24) is 0 Å². The van der Waals surface area contributed by atoms with Gasteiger partial charge in [-0.3, -0.25) is 0 Å². The molecule has 3 rings (SSSR count). The quantitative estimate of drug-likeness (QED) is 0.430. The first-order valence-electron chi connectivity index (χ1n) is 5.18. The van der Waals surface area contributed by atoms with E-state index < -0.39 is 0 Å². The molecule has 0 fully saturated rings. The minimum Gasteiger partial charge on any atom is -0.353 e. The monoisotopic (exact) mass is 449 g/mol. The molecule has 0 spiro atoms. The van der Waals surface area contributed by atoms with Gasteiger partial charge in [-0.15, -0.1) is 17.0 Å². The zero-order valence-electron chi connectivity index (χ0n) is 9.46. The summed E-state index contributed by atoms with van der Waals surface area (Å²) in [6.07, 6.45) is 0. The molecule has 0 atom stereocenters. The SMILES string of the molecule is Br.Cc1cc(Br)cc2c1Nc1ccc(Br)cc1S2. The van der Waals surface area contributed by atoms with Crippen LogP contribution < -0.4 is 5.32 Å². The lowest BCUT2D eigenvalue weighted by Crippen LogP contribution is -2.01. The summed E-state index contributed by atoms with van der Waals surface area (Å²) in [5.74, 6) is 0. The Kier molecular flexibility index (Phi) is 4.47. The van der Waals surface area contributed by atoms with Gasteiger partial charge in [-0.1, -0.05) is 43.6 Å². The summed E-state index contributed by atoms with van der Waals surface area (Å²) < 4.78 is 2.24. The molecule has 18 heavy (non-hydrogen) atoms. The van der Waals surface area contributed by atoms with Crippen LogP contribution in [0, 0.1) is 6.92 Å². The molecule has 1 heterocycles. The summed E-state index contributed by atoms with van der Waals surface area (Å²) in [6.45, 7) is 2.13. The second-order valence-corrected chi connectivity index (χ2v) is 6.88. The van der Waals surface area contributed by atoms with E-state index in [9.17, 15) is 0 Å². The van der Waals surface area contributed by atoms with Gasteiger partial charge in [0, 0.05) is 18.7 Å². The molecule has 0 saturated carbocycles. The lowest BCUT2D eigenvalue weighted by Gasteiger charge is -2.23. The molecule has 2 aromatic carbocycles. The molecule has 1 nitrogen and oxygen atoms in total. The van der Waals surface area contributed by atoms with Crippen molar-refractivity contribution in [2.75, 3.05) is 5.32 Å². The predicted octanol–water partition coefficient (Wildman–Crippen LogP) is 6.31. The van der Waals surface area contributed by atoms with Crippen LogP contribution in [0.4, 0.5) is 11.4 Å². The summed E-state index contributed by atoms with van der Waals surface area (Å²) in [4.78, 5) is 2.52. The third-order valence-corrected chi connectivity index (χ3v) is 4.74. The van der Waals surface area contributed by atoms with Gasteiger partial charge < -0.3 is 5.32 Å². The molecule has 1 aliphatic rings. The molecule has 94 valence electrons. The number of aryl methyl sites for hydroxylation is 1. The highest BCUT2D eigenvalue weighted by molar-refractivity contribution is 9.10. The molecule has 0 unspecified atom stereocenters. The van der Waals surface area contributed by atoms with Crippen LogP contribution in [0.5, 0.6) is 0 Å². The minimum absolute atomic E-state index is 0. The van der Waals surface area contributed by atoms with Gasteiger partial charge in [0.15, 0.2) is 0 Å². The molecule has 1 aliphatic heterocycles. The first kappa shape index (κ1) is 14.4. The highest BCUT2D eigenvalue weighted by atomic mass is 79.9. The van der Waals surface area contributed by atoms with Crippen LogP contribution in [0.25, 0.3) is 0 Å². The molecule has 5 heteroatoms. The average Bonchev–Trinajstić information content (AvgIpc) is 2.26. The third-order valence-electron chi connectivity index (χ3n) is 2.69. The summed E-state index contributed by atoms with van der Waals surface area (Å²) in [6, 6.07) is 10.6. The maximum Gasteiger partial charge on any atom is 0.0556 e. The van der Waals surface area contributed by atoms with Crippen molar-refractivity contribution in [2.24, 2.45) is 0 Å². The van der Waals surface area contributed by atoms with Gasteiger partial charge in [-0.25, -0.2) is 0 Å². The fourth-order valence-corrected chi connectivity index (χ4v) is 4.28. The molecule has 0 aliphatic carbocycles. The van der Waals surface area contributed by atoms with Gasteiger partial charge in [-0.2, -0.15) is 0 Å². The number of anilines is 2. The van der Waals surface area contributed by atoms with Gasteiger partial charge in [0.05, 0.1) is 11.4 Å². The Balaban J connectivity index is 0.00000120.